The van der Waals surface area contributed by atoms with Crippen LogP contribution in [0.3, 0.4) is 0 Å². The van der Waals surface area contributed by atoms with Gasteiger partial charge in [0.15, 0.2) is 0 Å². The lowest BCUT2D eigenvalue weighted by atomic mass is 9.85. The number of hydrogen-bond acceptors (Lipinski definition) is 4. The molecule has 1 unspecified atom stereocenters. The van der Waals surface area contributed by atoms with E-state index >= 15 is 0 Å². The fourth-order valence-corrected chi connectivity index (χ4v) is 4.33. The van der Waals surface area contributed by atoms with Gasteiger partial charge >= 0.3 is 0 Å². The zero-order valence-corrected chi connectivity index (χ0v) is 17.3. The Morgan fingerprint density at radius 3 is 2.69 bits per heavy atom. The van der Waals surface area contributed by atoms with Crippen molar-refractivity contribution < 1.29 is 9.59 Å². The molecule has 0 bridgehead atoms. The third-order valence-electron chi connectivity index (χ3n) is 4.94. The fourth-order valence-electron chi connectivity index (χ4n) is 3.45. The van der Waals surface area contributed by atoms with E-state index in [9.17, 15) is 14.9 Å². The van der Waals surface area contributed by atoms with E-state index in [0.29, 0.717) is 10.6 Å². The van der Waals surface area contributed by atoms with Crippen LogP contribution in [0.1, 0.15) is 36.0 Å². The lowest BCUT2D eigenvalue weighted by Crippen LogP contribution is -2.31. The molecule has 2 amide bonds. The van der Waals surface area contributed by atoms with Crippen molar-refractivity contribution in [3.63, 3.8) is 0 Å². The van der Waals surface area contributed by atoms with Crippen molar-refractivity contribution >= 4 is 29.3 Å². The number of thioether (sulfide) groups is 1. The Kier molecular flexibility index (Phi) is 6.73. The average molecular weight is 406 g/mol. The van der Waals surface area contributed by atoms with Gasteiger partial charge in [0, 0.05) is 18.0 Å². The van der Waals surface area contributed by atoms with Gasteiger partial charge < -0.3 is 10.6 Å². The maximum absolute atomic E-state index is 12.5. The Morgan fingerprint density at radius 2 is 1.97 bits per heavy atom. The molecule has 29 heavy (non-hydrogen) atoms. The van der Waals surface area contributed by atoms with Gasteiger partial charge in [0.05, 0.1) is 22.4 Å². The molecule has 1 aliphatic rings. The van der Waals surface area contributed by atoms with Crippen molar-refractivity contribution in [2.45, 2.75) is 32.6 Å². The fraction of sp³-hybridized carbons (Fsp3) is 0.261. The number of para-hydroxylation sites is 1. The van der Waals surface area contributed by atoms with Gasteiger partial charge in [0.1, 0.15) is 0 Å². The Bertz CT molecular complexity index is 1010. The van der Waals surface area contributed by atoms with Gasteiger partial charge in [-0.15, -0.1) is 0 Å². The highest BCUT2D eigenvalue weighted by Gasteiger charge is 2.30. The van der Waals surface area contributed by atoms with Crippen molar-refractivity contribution in [3.05, 3.63) is 75.8 Å². The number of hydrogen-bond donors (Lipinski definition) is 2. The molecular weight excluding hydrogens is 382 g/mol. The van der Waals surface area contributed by atoms with Gasteiger partial charge in [-0.1, -0.05) is 61.2 Å². The largest absolute Gasteiger partial charge is 0.325 e. The van der Waals surface area contributed by atoms with Crippen LogP contribution in [-0.2, 0) is 16.0 Å². The molecule has 1 aliphatic heterocycles. The molecule has 5 nitrogen and oxygen atoms in total. The second-order valence-electron chi connectivity index (χ2n) is 6.86. The number of amides is 2. The van der Waals surface area contributed by atoms with E-state index in [4.69, 9.17) is 0 Å². The molecule has 0 fully saturated rings. The average Bonchev–Trinajstić information content (AvgIpc) is 2.72. The quantitative estimate of drug-likeness (QED) is 0.752. The predicted octanol–water partition coefficient (Wildman–Crippen LogP) is 4.27. The van der Waals surface area contributed by atoms with Crippen LogP contribution >= 0.6 is 11.8 Å². The van der Waals surface area contributed by atoms with Crippen molar-refractivity contribution in [3.8, 4) is 6.07 Å². The van der Waals surface area contributed by atoms with Crippen LogP contribution in [0.2, 0.25) is 0 Å². The molecule has 2 N–H and O–H groups in total. The van der Waals surface area contributed by atoms with Crippen LogP contribution in [0.4, 0.5) is 5.69 Å². The molecule has 1 atom stereocenters. The van der Waals surface area contributed by atoms with Gasteiger partial charge in [0.25, 0.3) is 0 Å². The second-order valence-corrected chi connectivity index (χ2v) is 7.85. The van der Waals surface area contributed by atoms with Crippen LogP contribution in [0, 0.1) is 18.3 Å². The third-order valence-corrected chi connectivity index (χ3v) is 5.96. The van der Waals surface area contributed by atoms with E-state index in [-0.39, 0.29) is 29.9 Å². The molecule has 3 rings (SSSR count). The smallest absolute Gasteiger partial charge is 0.234 e. The highest BCUT2D eigenvalue weighted by Crippen LogP contribution is 2.37. The molecule has 148 valence electrons. The van der Waals surface area contributed by atoms with Gasteiger partial charge in [-0.2, -0.15) is 5.26 Å². The summed E-state index contributed by atoms with van der Waals surface area (Å²) in [5, 5.41) is 15.9. The maximum atomic E-state index is 12.5. The van der Waals surface area contributed by atoms with E-state index in [1.54, 1.807) is 0 Å². The minimum Gasteiger partial charge on any atom is -0.325 e. The van der Waals surface area contributed by atoms with Gasteiger partial charge in [-0.25, -0.2) is 0 Å². The Hall–Kier alpha value is -3.04. The number of nitriles is 1. The summed E-state index contributed by atoms with van der Waals surface area (Å²) in [6.07, 6.45) is 1.05. The Balaban J connectivity index is 1.77. The molecule has 0 aromatic heterocycles. The molecular formula is C23H23N3O2S. The SMILES string of the molecule is CCc1ccccc1NC(=O)CSC1=C(C#N)C(c2ccccc2C)CC(=O)N1. The van der Waals surface area contributed by atoms with Crippen LogP contribution in [0.5, 0.6) is 0 Å². The predicted molar refractivity (Wildman–Crippen MR) is 116 cm³/mol. The number of anilines is 1. The second kappa shape index (κ2) is 9.44. The number of carbonyl (C=O) groups is 2. The van der Waals surface area contributed by atoms with Gasteiger partial charge in [-0.3, -0.25) is 9.59 Å². The Labute approximate surface area is 175 Å². The highest BCUT2D eigenvalue weighted by atomic mass is 32.2. The number of allylic oxidation sites excluding steroid dienone is 1. The first-order valence-corrected chi connectivity index (χ1v) is 10.5. The van der Waals surface area contributed by atoms with Crippen LogP contribution in [0.25, 0.3) is 0 Å². The van der Waals surface area contributed by atoms with E-state index in [0.717, 1.165) is 28.8 Å². The lowest BCUT2D eigenvalue weighted by Gasteiger charge is -2.26. The molecule has 6 heteroatoms. The number of nitrogens with zero attached hydrogens (tertiary/aromatic N) is 1. The van der Waals surface area contributed by atoms with E-state index < -0.39 is 0 Å². The first kappa shape index (κ1) is 20.7. The molecule has 0 radical (unpaired) electrons. The minimum absolute atomic E-state index is 0.110. The molecule has 1 heterocycles. The zero-order chi connectivity index (χ0) is 20.8. The number of rotatable bonds is 6. The van der Waals surface area contributed by atoms with Crippen molar-refractivity contribution in [1.29, 1.82) is 5.26 Å². The summed E-state index contributed by atoms with van der Waals surface area (Å²) in [5.41, 5.74) is 4.37. The molecule has 2 aromatic rings. The summed E-state index contributed by atoms with van der Waals surface area (Å²) in [6.45, 7) is 4.01. The van der Waals surface area contributed by atoms with Crippen molar-refractivity contribution in [1.82, 2.24) is 5.32 Å². The van der Waals surface area contributed by atoms with Crippen molar-refractivity contribution in [2.75, 3.05) is 11.1 Å². The molecule has 0 aliphatic carbocycles. The van der Waals surface area contributed by atoms with Gasteiger partial charge in [-0.05, 0) is 36.1 Å². The first-order valence-electron chi connectivity index (χ1n) is 9.53. The van der Waals surface area contributed by atoms with Crippen LogP contribution < -0.4 is 10.6 Å². The summed E-state index contributed by atoms with van der Waals surface area (Å²) in [5.74, 6) is -0.495. The number of nitrogens with one attached hydrogen (secondary N) is 2. The number of benzene rings is 2. The standard InChI is InChI=1S/C23H23N3O2S/c1-3-16-9-5-7-11-20(16)25-22(28)14-29-23-19(13-24)18(12-21(27)26-23)17-10-6-4-8-15(17)2/h4-11,18H,3,12,14H2,1-2H3,(H,25,28)(H,26,27). The Morgan fingerprint density at radius 1 is 1.24 bits per heavy atom. The minimum atomic E-state index is -0.290. The van der Waals surface area contributed by atoms with Crippen molar-refractivity contribution in [2.24, 2.45) is 0 Å². The summed E-state index contributed by atoms with van der Waals surface area (Å²) in [4.78, 5) is 24.7. The monoisotopic (exact) mass is 405 g/mol. The summed E-state index contributed by atoms with van der Waals surface area (Å²) >= 11 is 1.19. The summed E-state index contributed by atoms with van der Waals surface area (Å²) in [7, 11) is 0. The summed E-state index contributed by atoms with van der Waals surface area (Å²) in [6, 6.07) is 17.7. The molecule has 2 aromatic carbocycles. The number of carbonyl (C=O) groups excluding carboxylic acids is 2. The highest BCUT2D eigenvalue weighted by molar-refractivity contribution is 8.03. The lowest BCUT2D eigenvalue weighted by molar-refractivity contribution is -0.121. The van der Waals surface area contributed by atoms with E-state index in [1.807, 2.05) is 62.4 Å². The normalized spacial score (nSPS) is 16.2. The zero-order valence-electron chi connectivity index (χ0n) is 16.5. The first-order chi connectivity index (χ1) is 14.0. The topological polar surface area (TPSA) is 82.0 Å². The van der Waals surface area contributed by atoms with E-state index in [1.165, 1.54) is 11.8 Å². The molecule has 0 saturated heterocycles. The number of aryl methyl sites for hydroxylation is 2. The maximum Gasteiger partial charge on any atom is 0.234 e. The molecule has 0 spiro atoms. The molecule has 0 saturated carbocycles. The van der Waals surface area contributed by atoms with Crippen LogP contribution in [0.15, 0.2) is 59.1 Å². The summed E-state index contributed by atoms with van der Waals surface area (Å²) < 4.78 is 0. The van der Waals surface area contributed by atoms with Crippen LogP contribution in [-0.4, -0.2) is 17.6 Å². The third kappa shape index (κ3) is 4.87. The van der Waals surface area contributed by atoms with Gasteiger partial charge in [0.2, 0.25) is 11.8 Å². The van der Waals surface area contributed by atoms with E-state index in [2.05, 4.69) is 16.7 Å².